The van der Waals surface area contributed by atoms with Gasteiger partial charge in [0.05, 0.1) is 4.90 Å². The minimum atomic E-state index is -3.49. The first-order valence-electron chi connectivity index (χ1n) is 10.1. The molecular formula is C20H31N3O3S. The standard InChI is InChI=1S/C20H31N3O3S/c21-18-8-10-19(11-9-18)27(25,26)23-13-12-16(15-23)14-22-20(24)17-6-4-2-1-3-5-7-17/h8-11,16-17H,1-7,12-15,21H2,(H,22,24). The highest BCUT2D eigenvalue weighted by molar-refractivity contribution is 7.89. The van der Waals surface area contributed by atoms with Crippen molar-refractivity contribution < 1.29 is 13.2 Å². The Balaban J connectivity index is 1.50. The minimum absolute atomic E-state index is 0.126. The maximum Gasteiger partial charge on any atom is 0.243 e. The SMILES string of the molecule is Nc1ccc(S(=O)(=O)N2CCC(CNC(=O)C3CCCCCCC3)C2)cc1. The van der Waals surface area contributed by atoms with Crippen LogP contribution in [-0.4, -0.2) is 38.3 Å². The average molecular weight is 394 g/mol. The highest BCUT2D eigenvalue weighted by Crippen LogP contribution is 2.25. The number of amides is 1. The topological polar surface area (TPSA) is 92.5 Å². The summed E-state index contributed by atoms with van der Waals surface area (Å²) in [6.45, 7) is 1.51. The summed E-state index contributed by atoms with van der Waals surface area (Å²) >= 11 is 0. The van der Waals surface area contributed by atoms with Gasteiger partial charge < -0.3 is 11.1 Å². The zero-order chi connectivity index (χ0) is 19.3. The van der Waals surface area contributed by atoms with Crippen molar-refractivity contribution in [3.8, 4) is 0 Å². The van der Waals surface area contributed by atoms with Gasteiger partial charge in [-0.05, 0) is 49.4 Å². The Morgan fingerprint density at radius 2 is 1.67 bits per heavy atom. The van der Waals surface area contributed by atoms with Crippen LogP contribution in [-0.2, 0) is 14.8 Å². The maximum atomic E-state index is 12.7. The fourth-order valence-electron chi connectivity index (χ4n) is 4.08. The molecule has 1 heterocycles. The van der Waals surface area contributed by atoms with Crippen LogP contribution in [0.3, 0.4) is 0 Å². The van der Waals surface area contributed by atoms with Gasteiger partial charge in [-0.2, -0.15) is 4.31 Å². The molecule has 3 rings (SSSR count). The van der Waals surface area contributed by atoms with Crippen molar-refractivity contribution in [2.24, 2.45) is 11.8 Å². The van der Waals surface area contributed by atoms with Gasteiger partial charge in [0.15, 0.2) is 0 Å². The van der Waals surface area contributed by atoms with Crippen LogP contribution >= 0.6 is 0 Å². The van der Waals surface area contributed by atoms with Crippen LogP contribution < -0.4 is 11.1 Å². The van der Waals surface area contributed by atoms with E-state index in [0.717, 1.165) is 32.1 Å². The van der Waals surface area contributed by atoms with Gasteiger partial charge in [0.1, 0.15) is 0 Å². The second-order valence-electron chi connectivity index (χ2n) is 7.87. The van der Waals surface area contributed by atoms with E-state index in [0.29, 0.717) is 25.3 Å². The zero-order valence-corrected chi connectivity index (χ0v) is 16.7. The fraction of sp³-hybridized carbons (Fsp3) is 0.650. The molecule has 1 amide bonds. The Kier molecular flexibility index (Phi) is 6.76. The van der Waals surface area contributed by atoms with Crippen molar-refractivity contribution in [3.63, 3.8) is 0 Å². The lowest BCUT2D eigenvalue weighted by Gasteiger charge is -2.20. The third kappa shape index (κ3) is 5.23. The third-order valence-electron chi connectivity index (χ3n) is 5.81. The summed E-state index contributed by atoms with van der Waals surface area (Å²) in [6, 6.07) is 6.31. The van der Waals surface area contributed by atoms with Crippen LogP contribution in [0.1, 0.15) is 51.4 Å². The van der Waals surface area contributed by atoms with Gasteiger partial charge in [-0.15, -0.1) is 0 Å². The molecule has 0 aromatic heterocycles. The first kappa shape index (κ1) is 20.1. The molecule has 1 atom stereocenters. The molecule has 3 N–H and O–H groups in total. The Morgan fingerprint density at radius 1 is 1.04 bits per heavy atom. The predicted molar refractivity (Wildman–Crippen MR) is 107 cm³/mol. The summed E-state index contributed by atoms with van der Waals surface area (Å²) in [5, 5.41) is 3.08. The molecule has 1 aliphatic heterocycles. The number of nitrogen functional groups attached to an aromatic ring is 1. The second-order valence-corrected chi connectivity index (χ2v) is 9.81. The summed E-state index contributed by atoms with van der Waals surface area (Å²) < 4.78 is 27.0. The molecule has 27 heavy (non-hydrogen) atoms. The number of carbonyl (C=O) groups excluding carboxylic acids is 1. The molecule has 0 bridgehead atoms. The number of carbonyl (C=O) groups is 1. The number of rotatable bonds is 5. The summed E-state index contributed by atoms with van der Waals surface area (Å²) in [5.74, 6) is 0.448. The number of anilines is 1. The van der Waals surface area contributed by atoms with Gasteiger partial charge in [-0.1, -0.05) is 32.1 Å². The summed E-state index contributed by atoms with van der Waals surface area (Å²) in [5.41, 5.74) is 6.19. The van der Waals surface area contributed by atoms with E-state index in [1.165, 1.54) is 23.6 Å². The second kappa shape index (κ2) is 9.06. The Labute approximate surface area is 162 Å². The maximum absolute atomic E-state index is 12.7. The minimum Gasteiger partial charge on any atom is -0.399 e. The van der Waals surface area contributed by atoms with Crippen LogP contribution in [0.25, 0.3) is 0 Å². The van der Waals surface area contributed by atoms with Crippen LogP contribution in [0.2, 0.25) is 0 Å². The highest BCUT2D eigenvalue weighted by Gasteiger charge is 2.33. The van der Waals surface area contributed by atoms with Gasteiger partial charge in [-0.25, -0.2) is 8.42 Å². The third-order valence-corrected chi connectivity index (χ3v) is 7.69. The molecule has 7 heteroatoms. The normalized spacial score (nSPS) is 22.9. The van der Waals surface area contributed by atoms with Crippen molar-refractivity contribution in [1.82, 2.24) is 9.62 Å². The molecular weight excluding hydrogens is 362 g/mol. The highest BCUT2D eigenvalue weighted by atomic mass is 32.2. The molecule has 6 nitrogen and oxygen atoms in total. The monoisotopic (exact) mass is 393 g/mol. The lowest BCUT2D eigenvalue weighted by Crippen LogP contribution is -2.36. The predicted octanol–water partition coefficient (Wildman–Crippen LogP) is 2.76. The molecule has 1 unspecified atom stereocenters. The summed E-state index contributed by atoms with van der Waals surface area (Å²) in [7, 11) is -3.49. The van der Waals surface area contributed by atoms with E-state index >= 15 is 0 Å². The lowest BCUT2D eigenvalue weighted by atomic mass is 9.90. The molecule has 1 aromatic carbocycles. The van der Waals surface area contributed by atoms with E-state index < -0.39 is 10.0 Å². The Hall–Kier alpha value is -1.60. The number of hydrogen-bond donors (Lipinski definition) is 2. The molecule has 1 saturated heterocycles. The molecule has 2 fully saturated rings. The first-order chi connectivity index (χ1) is 13.0. The van der Waals surface area contributed by atoms with E-state index in [1.807, 2.05) is 0 Å². The summed E-state index contributed by atoms with van der Waals surface area (Å²) in [6.07, 6.45) is 8.75. The van der Waals surface area contributed by atoms with E-state index in [-0.39, 0.29) is 22.6 Å². The van der Waals surface area contributed by atoms with E-state index in [9.17, 15) is 13.2 Å². The van der Waals surface area contributed by atoms with Crippen molar-refractivity contribution >= 4 is 21.6 Å². The van der Waals surface area contributed by atoms with Crippen LogP contribution in [0.4, 0.5) is 5.69 Å². The van der Waals surface area contributed by atoms with E-state index in [1.54, 1.807) is 24.3 Å². The number of benzene rings is 1. The first-order valence-corrected chi connectivity index (χ1v) is 11.5. The lowest BCUT2D eigenvalue weighted by molar-refractivity contribution is -0.125. The Bertz CT molecular complexity index is 725. The smallest absolute Gasteiger partial charge is 0.243 e. The van der Waals surface area contributed by atoms with Crippen LogP contribution in [0.15, 0.2) is 29.2 Å². The van der Waals surface area contributed by atoms with Gasteiger partial charge >= 0.3 is 0 Å². The quantitative estimate of drug-likeness (QED) is 0.752. The van der Waals surface area contributed by atoms with Crippen LogP contribution in [0.5, 0.6) is 0 Å². The average Bonchev–Trinajstić information content (AvgIpc) is 3.10. The summed E-state index contributed by atoms with van der Waals surface area (Å²) in [4.78, 5) is 12.8. The number of hydrogen-bond acceptors (Lipinski definition) is 4. The number of nitrogens with zero attached hydrogens (tertiary/aromatic N) is 1. The molecule has 1 aromatic rings. The van der Waals surface area contributed by atoms with Gasteiger partial charge in [-0.3, -0.25) is 4.79 Å². The molecule has 0 radical (unpaired) electrons. The van der Waals surface area contributed by atoms with Crippen molar-refractivity contribution in [1.29, 1.82) is 0 Å². The zero-order valence-electron chi connectivity index (χ0n) is 15.9. The van der Waals surface area contributed by atoms with Crippen molar-refractivity contribution in [2.45, 2.75) is 56.3 Å². The largest absolute Gasteiger partial charge is 0.399 e. The molecule has 1 saturated carbocycles. The molecule has 2 aliphatic rings. The number of sulfonamides is 1. The number of nitrogens with two attached hydrogens (primary N) is 1. The van der Waals surface area contributed by atoms with Crippen molar-refractivity contribution in [3.05, 3.63) is 24.3 Å². The van der Waals surface area contributed by atoms with Gasteiger partial charge in [0.2, 0.25) is 15.9 Å². The van der Waals surface area contributed by atoms with E-state index in [2.05, 4.69) is 5.32 Å². The Morgan fingerprint density at radius 3 is 2.33 bits per heavy atom. The van der Waals surface area contributed by atoms with Gasteiger partial charge in [0.25, 0.3) is 0 Å². The molecule has 0 spiro atoms. The number of nitrogens with one attached hydrogen (secondary N) is 1. The van der Waals surface area contributed by atoms with Crippen molar-refractivity contribution in [2.75, 3.05) is 25.4 Å². The van der Waals surface area contributed by atoms with Crippen LogP contribution in [0, 0.1) is 11.8 Å². The van der Waals surface area contributed by atoms with Gasteiger partial charge in [0, 0.05) is 31.2 Å². The fourth-order valence-corrected chi connectivity index (χ4v) is 5.61. The molecule has 150 valence electrons. The molecule has 1 aliphatic carbocycles. The van der Waals surface area contributed by atoms with E-state index in [4.69, 9.17) is 5.73 Å².